The van der Waals surface area contributed by atoms with Crippen LogP contribution in [0, 0.1) is 0 Å². The lowest BCUT2D eigenvalue weighted by atomic mass is 9.91. The van der Waals surface area contributed by atoms with E-state index in [0.29, 0.717) is 17.9 Å². The minimum Gasteiger partial charge on any atom is -0.463 e. The molecule has 0 spiro atoms. The van der Waals surface area contributed by atoms with Crippen molar-refractivity contribution in [3.05, 3.63) is 88.5 Å². The van der Waals surface area contributed by atoms with Crippen LogP contribution in [0.2, 0.25) is 0 Å². The van der Waals surface area contributed by atoms with Crippen LogP contribution < -0.4 is 0 Å². The third kappa shape index (κ3) is 3.27. The van der Waals surface area contributed by atoms with E-state index in [9.17, 15) is 4.79 Å². The Morgan fingerprint density at radius 2 is 1.75 bits per heavy atom. The first-order valence-electron chi connectivity index (χ1n) is 9.49. The number of fused-ring (bicyclic) bond motifs is 1. The number of ether oxygens (including phenoxy) is 1. The van der Waals surface area contributed by atoms with Crippen molar-refractivity contribution in [1.29, 1.82) is 0 Å². The van der Waals surface area contributed by atoms with E-state index in [1.165, 1.54) is 0 Å². The number of hydrogen-bond acceptors (Lipinski definition) is 5. The van der Waals surface area contributed by atoms with Gasteiger partial charge in [-0.15, -0.1) is 0 Å². The van der Waals surface area contributed by atoms with Crippen LogP contribution in [0.15, 0.2) is 82.3 Å². The van der Waals surface area contributed by atoms with Crippen molar-refractivity contribution in [3.63, 3.8) is 0 Å². The summed E-state index contributed by atoms with van der Waals surface area (Å²) in [5, 5.41) is 3.03. The summed E-state index contributed by atoms with van der Waals surface area (Å²) in [7, 11) is 0. The molecule has 28 heavy (non-hydrogen) atoms. The highest BCUT2D eigenvalue weighted by molar-refractivity contribution is 8.16. The maximum Gasteiger partial charge on any atom is 0.338 e. The fraction of sp³-hybridized carbons (Fsp3) is 0.217. The van der Waals surface area contributed by atoms with E-state index in [-0.39, 0.29) is 12.0 Å². The molecule has 0 radical (unpaired) electrons. The van der Waals surface area contributed by atoms with Gasteiger partial charge in [0.1, 0.15) is 0 Å². The van der Waals surface area contributed by atoms with Gasteiger partial charge >= 0.3 is 5.97 Å². The molecule has 2 heterocycles. The second-order valence-corrected chi connectivity index (χ2v) is 7.34. The monoisotopic (exact) mass is 390 g/mol. The molecule has 4 rings (SSSR count). The summed E-state index contributed by atoms with van der Waals surface area (Å²) in [6.07, 6.45) is 0.867. The van der Waals surface area contributed by atoms with Crippen LogP contribution in [0.25, 0.3) is 5.70 Å². The highest BCUT2D eigenvalue weighted by Gasteiger charge is 2.41. The molecule has 2 aliphatic rings. The number of esters is 1. The maximum atomic E-state index is 13.1. The van der Waals surface area contributed by atoms with E-state index >= 15 is 0 Å². The maximum absolute atomic E-state index is 13.1. The van der Waals surface area contributed by atoms with Crippen LogP contribution >= 0.6 is 11.8 Å². The van der Waals surface area contributed by atoms with Gasteiger partial charge in [0.25, 0.3) is 0 Å². The van der Waals surface area contributed by atoms with Crippen molar-refractivity contribution < 1.29 is 9.53 Å². The number of rotatable bonds is 5. The fourth-order valence-electron chi connectivity index (χ4n) is 3.57. The van der Waals surface area contributed by atoms with E-state index < -0.39 is 0 Å². The van der Waals surface area contributed by atoms with Crippen molar-refractivity contribution in [3.8, 4) is 0 Å². The topological polar surface area (TPSA) is 41.9 Å². The molecule has 0 bridgehead atoms. The molecule has 142 valence electrons. The van der Waals surface area contributed by atoms with Gasteiger partial charge < -0.3 is 9.64 Å². The Bertz CT molecular complexity index is 965. The molecule has 2 aromatic rings. The third-order valence-corrected chi connectivity index (χ3v) is 5.72. The van der Waals surface area contributed by atoms with E-state index in [1.807, 2.05) is 55.5 Å². The lowest BCUT2D eigenvalue weighted by Gasteiger charge is -2.36. The van der Waals surface area contributed by atoms with Crippen molar-refractivity contribution in [2.75, 3.05) is 6.61 Å². The predicted molar refractivity (Wildman–Crippen MR) is 114 cm³/mol. The number of carbonyl (C=O) groups is 1. The number of carbonyl (C=O) groups excluding carboxylic acids is 1. The highest BCUT2D eigenvalue weighted by Crippen LogP contribution is 2.46. The van der Waals surface area contributed by atoms with E-state index in [0.717, 1.165) is 28.4 Å². The van der Waals surface area contributed by atoms with Gasteiger partial charge in [0.15, 0.2) is 5.17 Å². The Hall–Kier alpha value is -2.79. The molecule has 0 amide bonds. The zero-order chi connectivity index (χ0) is 19.5. The Kier molecular flexibility index (Phi) is 5.35. The van der Waals surface area contributed by atoms with Crippen LogP contribution in [0.1, 0.15) is 37.4 Å². The molecular formula is C23H22N2O2S. The number of allylic oxidation sites excluding steroid dienone is 1. The highest BCUT2D eigenvalue weighted by atomic mass is 32.2. The number of amidine groups is 1. The summed E-state index contributed by atoms with van der Waals surface area (Å²) in [5.74, 6) is -0.314. The van der Waals surface area contributed by atoms with Crippen molar-refractivity contribution in [2.45, 2.75) is 26.3 Å². The van der Waals surface area contributed by atoms with Gasteiger partial charge in [-0.1, -0.05) is 79.3 Å². The van der Waals surface area contributed by atoms with Crippen LogP contribution in [0.3, 0.4) is 0 Å². The molecule has 0 fully saturated rings. The first-order valence-corrected chi connectivity index (χ1v) is 10.4. The molecule has 0 N–H and O–H groups in total. The number of benzene rings is 2. The molecule has 0 aromatic heterocycles. The lowest BCUT2D eigenvalue weighted by Crippen LogP contribution is -2.36. The molecular weight excluding hydrogens is 368 g/mol. The quantitative estimate of drug-likeness (QED) is 0.644. The Morgan fingerprint density at radius 3 is 2.39 bits per heavy atom. The normalized spacial score (nSPS) is 18.5. The zero-order valence-corrected chi connectivity index (χ0v) is 16.8. The average Bonchev–Trinajstić information content (AvgIpc) is 3.16. The van der Waals surface area contributed by atoms with Crippen LogP contribution in [0.5, 0.6) is 0 Å². The smallest absolute Gasteiger partial charge is 0.338 e. The summed E-state index contributed by atoms with van der Waals surface area (Å²) in [4.78, 5) is 20.2. The van der Waals surface area contributed by atoms with Gasteiger partial charge in [0, 0.05) is 11.3 Å². The van der Waals surface area contributed by atoms with Gasteiger partial charge in [-0.3, -0.25) is 0 Å². The Balaban J connectivity index is 1.96. The standard InChI is InChI=1S/C23H22N2O2S/c1-3-18-15-28-23-24-20(16-11-7-5-8-12-16)19(22(26)27-4-2)21(25(18)23)17-13-9-6-10-14-17/h5-15,21H,3-4H2,1-2H3/t21-/m1/s1. The molecule has 5 heteroatoms. The van der Waals surface area contributed by atoms with Crippen molar-refractivity contribution in [1.82, 2.24) is 4.90 Å². The van der Waals surface area contributed by atoms with E-state index in [4.69, 9.17) is 9.73 Å². The zero-order valence-electron chi connectivity index (χ0n) is 16.0. The average molecular weight is 391 g/mol. The van der Waals surface area contributed by atoms with Gasteiger partial charge in [0.05, 0.1) is 23.9 Å². The first kappa shape index (κ1) is 18.6. The predicted octanol–water partition coefficient (Wildman–Crippen LogP) is 5.37. The van der Waals surface area contributed by atoms with Gasteiger partial charge in [-0.05, 0) is 24.3 Å². The molecule has 4 nitrogen and oxygen atoms in total. The molecule has 2 aliphatic heterocycles. The second-order valence-electron chi connectivity index (χ2n) is 6.51. The Morgan fingerprint density at radius 1 is 1.07 bits per heavy atom. The van der Waals surface area contributed by atoms with Crippen molar-refractivity contribution in [2.24, 2.45) is 4.99 Å². The molecule has 0 unspecified atom stereocenters. The van der Waals surface area contributed by atoms with Crippen LogP contribution in [0.4, 0.5) is 0 Å². The summed E-state index contributed by atoms with van der Waals surface area (Å²) in [6, 6.07) is 19.7. The summed E-state index contributed by atoms with van der Waals surface area (Å²) in [5.41, 5.74) is 4.41. The number of thioether (sulfide) groups is 1. The van der Waals surface area contributed by atoms with Gasteiger partial charge in [-0.25, -0.2) is 9.79 Å². The molecule has 0 saturated heterocycles. The number of nitrogens with zero attached hydrogens (tertiary/aromatic N) is 2. The van der Waals surface area contributed by atoms with E-state index in [1.54, 1.807) is 11.8 Å². The van der Waals surface area contributed by atoms with Crippen molar-refractivity contribution >= 4 is 28.6 Å². The fourth-order valence-corrected chi connectivity index (χ4v) is 4.57. The summed E-state index contributed by atoms with van der Waals surface area (Å²) < 4.78 is 5.48. The van der Waals surface area contributed by atoms with Crippen LogP contribution in [-0.4, -0.2) is 22.6 Å². The largest absolute Gasteiger partial charge is 0.463 e. The van der Waals surface area contributed by atoms with Crippen LogP contribution in [-0.2, 0) is 9.53 Å². The lowest BCUT2D eigenvalue weighted by molar-refractivity contribution is -0.139. The SMILES string of the molecule is CCOC(=O)C1=C(c2ccccc2)N=C2SC=C(CC)N2[C@@H]1c1ccccc1. The molecule has 1 atom stereocenters. The minimum atomic E-state index is -0.314. The minimum absolute atomic E-state index is 0.260. The third-order valence-electron chi connectivity index (χ3n) is 4.83. The van der Waals surface area contributed by atoms with E-state index in [2.05, 4.69) is 29.4 Å². The number of aliphatic imine (C=N–C) groups is 1. The summed E-state index contributed by atoms with van der Waals surface area (Å²) >= 11 is 1.61. The second kappa shape index (κ2) is 8.07. The summed E-state index contributed by atoms with van der Waals surface area (Å²) in [6.45, 7) is 4.28. The Labute approximate surface area is 169 Å². The first-order chi connectivity index (χ1) is 13.7. The molecule has 2 aromatic carbocycles. The van der Waals surface area contributed by atoms with Gasteiger partial charge in [-0.2, -0.15) is 0 Å². The molecule has 0 aliphatic carbocycles. The number of hydrogen-bond donors (Lipinski definition) is 0. The molecule has 0 saturated carbocycles. The van der Waals surface area contributed by atoms with Gasteiger partial charge in [0.2, 0.25) is 0 Å².